The zero-order valence-electron chi connectivity index (χ0n) is 20.5. The number of benzene rings is 2. The van der Waals surface area contributed by atoms with Crippen LogP contribution in [0.1, 0.15) is 47.3 Å². The van der Waals surface area contributed by atoms with Gasteiger partial charge in [-0.15, -0.1) is 11.8 Å². The highest BCUT2D eigenvalue weighted by atomic mass is 32.2. The first-order valence-electron chi connectivity index (χ1n) is 11.4. The molecule has 178 valence electrons. The first-order valence-corrected chi connectivity index (χ1v) is 12.6. The van der Waals surface area contributed by atoms with Gasteiger partial charge in [0.25, 0.3) is 0 Å². The molecular weight excluding hydrogens is 434 g/mol. The van der Waals surface area contributed by atoms with E-state index in [4.69, 9.17) is 4.74 Å². The van der Waals surface area contributed by atoms with Crippen molar-refractivity contribution < 1.29 is 19.4 Å². The first-order chi connectivity index (χ1) is 15.5. The van der Waals surface area contributed by atoms with Gasteiger partial charge in [0.15, 0.2) is 11.4 Å². The van der Waals surface area contributed by atoms with Crippen molar-refractivity contribution in [1.82, 2.24) is 4.90 Å². The number of carboxylic acids is 1. The summed E-state index contributed by atoms with van der Waals surface area (Å²) in [4.78, 5) is 28.1. The molecule has 0 saturated carbocycles. The minimum absolute atomic E-state index is 0.0105. The number of nitrogens with zero attached hydrogens (tertiary/aromatic N) is 1. The highest BCUT2D eigenvalue weighted by Gasteiger charge is 2.36. The number of carbonyl (C=O) groups is 2. The summed E-state index contributed by atoms with van der Waals surface area (Å²) in [5, 5.41) is 9.39. The number of ketones is 1. The molecule has 1 heterocycles. The largest absolute Gasteiger partial charge is 0.478 e. The minimum Gasteiger partial charge on any atom is -0.478 e. The quantitative estimate of drug-likeness (QED) is 0.399. The summed E-state index contributed by atoms with van der Waals surface area (Å²) in [6.07, 6.45) is 3.84. The van der Waals surface area contributed by atoms with Gasteiger partial charge in [0, 0.05) is 29.5 Å². The average Bonchev–Trinajstić information content (AvgIpc) is 3.14. The summed E-state index contributed by atoms with van der Waals surface area (Å²) in [6, 6.07) is 12.1. The van der Waals surface area contributed by atoms with Gasteiger partial charge < -0.3 is 14.7 Å². The fourth-order valence-electron chi connectivity index (χ4n) is 4.64. The summed E-state index contributed by atoms with van der Waals surface area (Å²) in [6.45, 7) is 8.75. The molecule has 1 unspecified atom stereocenters. The topological polar surface area (TPSA) is 66.8 Å². The predicted octanol–water partition coefficient (Wildman–Crippen LogP) is 5.26. The van der Waals surface area contributed by atoms with Gasteiger partial charge in [0.2, 0.25) is 0 Å². The van der Waals surface area contributed by atoms with Gasteiger partial charge in [-0.2, -0.15) is 0 Å². The number of rotatable bonds is 9. The molecule has 2 aromatic rings. The van der Waals surface area contributed by atoms with Gasteiger partial charge >= 0.3 is 5.97 Å². The molecule has 1 fully saturated rings. The lowest BCUT2D eigenvalue weighted by Crippen LogP contribution is -2.38. The van der Waals surface area contributed by atoms with Crippen LogP contribution in [0.2, 0.25) is 0 Å². The van der Waals surface area contributed by atoms with Crippen molar-refractivity contribution in [2.24, 2.45) is 11.8 Å². The standard InChI is InChI=1S/C27H35NO4S/c1-17-13-19(14-18(2)25(17)32-27(3,4)26(30)31)7-8-21-15-28(5)16-23(21)24(29)20-9-11-22(33-6)12-10-20/h9-14,21,23H,7-8,15-16H2,1-6H3,(H,30,31)/t21-,23?/m0/s1. The third-order valence-corrected chi connectivity index (χ3v) is 7.27. The number of aryl methyl sites for hydroxylation is 3. The number of carbonyl (C=O) groups excluding carboxylic acids is 1. The van der Waals surface area contributed by atoms with Crippen LogP contribution in [0, 0.1) is 25.7 Å². The number of carboxylic acid groups (broad SMARTS) is 1. The molecule has 2 aromatic carbocycles. The highest BCUT2D eigenvalue weighted by Crippen LogP contribution is 2.33. The van der Waals surface area contributed by atoms with E-state index >= 15 is 0 Å². The number of hydrogen-bond acceptors (Lipinski definition) is 5. The lowest BCUT2D eigenvalue weighted by molar-refractivity contribution is -0.152. The van der Waals surface area contributed by atoms with E-state index in [1.165, 1.54) is 5.56 Å². The molecule has 2 atom stereocenters. The molecule has 6 heteroatoms. The second-order valence-electron chi connectivity index (χ2n) is 9.70. The van der Waals surface area contributed by atoms with Crippen molar-refractivity contribution >= 4 is 23.5 Å². The summed E-state index contributed by atoms with van der Waals surface area (Å²) in [5.74, 6) is 0.202. The van der Waals surface area contributed by atoms with E-state index in [1.54, 1.807) is 25.6 Å². The molecule has 0 radical (unpaired) electrons. The minimum atomic E-state index is -1.28. The number of hydrogen-bond donors (Lipinski definition) is 1. The molecule has 3 rings (SSSR count). The van der Waals surface area contributed by atoms with E-state index in [0.29, 0.717) is 11.7 Å². The van der Waals surface area contributed by atoms with Crippen molar-refractivity contribution in [3.05, 3.63) is 58.7 Å². The fourth-order valence-corrected chi connectivity index (χ4v) is 5.05. The summed E-state index contributed by atoms with van der Waals surface area (Å²) >= 11 is 1.68. The lowest BCUT2D eigenvalue weighted by Gasteiger charge is -2.25. The summed E-state index contributed by atoms with van der Waals surface area (Å²) in [7, 11) is 2.09. The van der Waals surface area contributed by atoms with Gasteiger partial charge in [-0.1, -0.05) is 24.3 Å². The van der Waals surface area contributed by atoms with Gasteiger partial charge in [-0.3, -0.25) is 4.79 Å². The van der Waals surface area contributed by atoms with Crippen LogP contribution in [-0.2, 0) is 11.2 Å². The number of thioether (sulfide) groups is 1. The second-order valence-corrected chi connectivity index (χ2v) is 10.6. The van der Waals surface area contributed by atoms with E-state index in [1.807, 2.05) is 44.4 Å². The van der Waals surface area contributed by atoms with Gasteiger partial charge in [-0.25, -0.2) is 4.79 Å². The molecule has 1 saturated heterocycles. The van der Waals surface area contributed by atoms with E-state index in [-0.39, 0.29) is 11.7 Å². The predicted molar refractivity (Wildman–Crippen MR) is 134 cm³/mol. The van der Waals surface area contributed by atoms with E-state index in [0.717, 1.165) is 47.5 Å². The Morgan fingerprint density at radius 2 is 1.73 bits per heavy atom. The molecule has 1 N–H and O–H groups in total. The molecule has 0 aromatic heterocycles. The Morgan fingerprint density at radius 1 is 1.12 bits per heavy atom. The summed E-state index contributed by atoms with van der Waals surface area (Å²) in [5.41, 5.74) is 2.57. The maximum Gasteiger partial charge on any atom is 0.347 e. The SMILES string of the molecule is CSc1ccc(C(=O)C2CN(C)C[C@@H]2CCc2cc(C)c(OC(C)(C)C(=O)O)c(C)c2)cc1. The molecule has 1 aliphatic heterocycles. The molecule has 1 aliphatic rings. The van der Waals surface area contributed by atoms with Crippen LogP contribution in [0.5, 0.6) is 5.75 Å². The van der Waals surface area contributed by atoms with E-state index in [2.05, 4.69) is 24.1 Å². The number of ether oxygens (including phenoxy) is 1. The molecule has 0 bridgehead atoms. The van der Waals surface area contributed by atoms with Crippen molar-refractivity contribution in [3.8, 4) is 5.75 Å². The zero-order chi connectivity index (χ0) is 24.3. The molecular formula is C27H35NO4S. The second kappa shape index (κ2) is 10.3. The van der Waals surface area contributed by atoms with Crippen LogP contribution in [0.3, 0.4) is 0 Å². The molecule has 0 spiro atoms. The Morgan fingerprint density at radius 3 is 2.27 bits per heavy atom. The van der Waals surface area contributed by atoms with Crippen molar-refractivity contribution in [3.63, 3.8) is 0 Å². The smallest absolute Gasteiger partial charge is 0.347 e. The van der Waals surface area contributed by atoms with Crippen molar-refractivity contribution in [2.75, 3.05) is 26.4 Å². The Kier molecular flexibility index (Phi) is 7.91. The zero-order valence-corrected chi connectivity index (χ0v) is 21.3. The number of Topliss-reactive ketones (excluding diaryl/α,β-unsaturated/α-hetero) is 1. The maximum atomic E-state index is 13.3. The Hall–Kier alpha value is -2.31. The van der Waals surface area contributed by atoms with Gasteiger partial charge in [0.05, 0.1) is 0 Å². The molecule has 0 amide bonds. The van der Waals surface area contributed by atoms with Crippen LogP contribution >= 0.6 is 11.8 Å². The van der Waals surface area contributed by atoms with Crippen LogP contribution < -0.4 is 4.74 Å². The highest BCUT2D eigenvalue weighted by molar-refractivity contribution is 7.98. The number of aliphatic carboxylic acids is 1. The normalized spacial score (nSPS) is 19.0. The van der Waals surface area contributed by atoms with Crippen LogP contribution in [-0.4, -0.2) is 53.8 Å². The van der Waals surface area contributed by atoms with Crippen molar-refractivity contribution in [1.29, 1.82) is 0 Å². The average molecular weight is 470 g/mol. The summed E-state index contributed by atoms with van der Waals surface area (Å²) < 4.78 is 5.83. The van der Waals surface area contributed by atoms with E-state index in [9.17, 15) is 14.7 Å². The lowest BCUT2D eigenvalue weighted by atomic mass is 9.84. The van der Waals surface area contributed by atoms with E-state index < -0.39 is 11.6 Å². The van der Waals surface area contributed by atoms with Crippen LogP contribution in [0.4, 0.5) is 0 Å². The molecule has 5 nitrogen and oxygen atoms in total. The Labute approximate surface area is 201 Å². The van der Waals surface area contributed by atoms with Gasteiger partial charge in [-0.05, 0) is 88.6 Å². The monoisotopic (exact) mass is 469 g/mol. The maximum absolute atomic E-state index is 13.3. The van der Waals surface area contributed by atoms with Gasteiger partial charge in [0.1, 0.15) is 5.75 Å². The molecule has 0 aliphatic carbocycles. The fraction of sp³-hybridized carbons (Fsp3) is 0.481. The Balaban J connectivity index is 1.71. The van der Waals surface area contributed by atoms with Crippen molar-refractivity contribution in [2.45, 2.75) is 51.0 Å². The van der Waals surface area contributed by atoms with Crippen LogP contribution in [0.15, 0.2) is 41.3 Å². The third-order valence-electron chi connectivity index (χ3n) is 6.53. The van der Waals surface area contributed by atoms with Crippen LogP contribution in [0.25, 0.3) is 0 Å². The molecule has 33 heavy (non-hydrogen) atoms. The third kappa shape index (κ3) is 5.98. The first kappa shape index (κ1) is 25.3. The number of likely N-dealkylation sites (tertiary alicyclic amines) is 1. The Bertz CT molecular complexity index is 992.